The Balaban J connectivity index is 1.96. The summed E-state index contributed by atoms with van der Waals surface area (Å²) in [5.74, 6) is 0.416. The van der Waals surface area contributed by atoms with Gasteiger partial charge in [-0.05, 0) is 16.9 Å². The fourth-order valence-corrected chi connectivity index (χ4v) is 2.65. The van der Waals surface area contributed by atoms with E-state index >= 15 is 0 Å². The highest BCUT2D eigenvalue weighted by molar-refractivity contribution is 6.55. The van der Waals surface area contributed by atoms with Crippen molar-refractivity contribution < 1.29 is 0 Å². The minimum absolute atomic E-state index is 0.416. The SMILES string of the molecule is B(c1ccccc1)C(c1ccccc1)c1ccccc1. The van der Waals surface area contributed by atoms with Gasteiger partial charge in [0.05, 0.1) is 0 Å². The Morgan fingerprint density at radius 2 is 0.900 bits per heavy atom. The van der Waals surface area contributed by atoms with E-state index in [4.69, 9.17) is 0 Å². The Morgan fingerprint density at radius 3 is 1.35 bits per heavy atom. The lowest BCUT2D eigenvalue weighted by molar-refractivity contribution is 1.13. The standard InChI is InChI=1S/C19H17B/c1-4-10-16(11-5-1)19(17-12-6-2-7-13-17)20-18-14-8-3-9-15-18/h1-15,19-20H. The van der Waals surface area contributed by atoms with Crippen molar-refractivity contribution in [3.8, 4) is 0 Å². The first-order valence-corrected chi connectivity index (χ1v) is 7.07. The third-order valence-corrected chi connectivity index (χ3v) is 3.69. The van der Waals surface area contributed by atoms with E-state index in [1.54, 1.807) is 0 Å². The first kappa shape index (κ1) is 12.7. The van der Waals surface area contributed by atoms with Crippen LogP contribution in [0.3, 0.4) is 0 Å². The van der Waals surface area contributed by atoms with E-state index < -0.39 is 0 Å². The van der Waals surface area contributed by atoms with Crippen LogP contribution in [0.1, 0.15) is 16.9 Å². The van der Waals surface area contributed by atoms with E-state index in [2.05, 4.69) is 91.0 Å². The topological polar surface area (TPSA) is 0 Å². The van der Waals surface area contributed by atoms with E-state index in [0.29, 0.717) is 5.82 Å². The van der Waals surface area contributed by atoms with E-state index in [-0.39, 0.29) is 0 Å². The Morgan fingerprint density at radius 1 is 0.500 bits per heavy atom. The molecule has 0 amide bonds. The predicted molar refractivity (Wildman–Crippen MR) is 88.0 cm³/mol. The summed E-state index contributed by atoms with van der Waals surface area (Å²) in [6.45, 7) is 0. The highest BCUT2D eigenvalue weighted by Crippen LogP contribution is 2.23. The third-order valence-electron chi connectivity index (χ3n) is 3.69. The van der Waals surface area contributed by atoms with Gasteiger partial charge in [-0.1, -0.05) is 96.5 Å². The van der Waals surface area contributed by atoms with Crippen molar-refractivity contribution in [1.29, 1.82) is 0 Å². The smallest absolute Gasteiger partial charge is 0.0834 e. The van der Waals surface area contributed by atoms with Crippen molar-refractivity contribution in [2.75, 3.05) is 0 Å². The second-order valence-electron chi connectivity index (χ2n) is 5.06. The molecule has 20 heavy (non-hydrogen) atoms. The third kappa shape index (κ3) is 3.00. The average molecular weight is 256 g/mol. The molecule has 3 aromatic rings. The monoisotopic (exact) mass is 256 g/mol. The molecule has 96 valence electrons. The molecule has 0 aliphatic rings. The Hall–Kier alpha value is -2.28. The number of hydrogen-bond acceptors (Lipinski definition) is 0. The lowest BCUT2D eigenvalue weighted by Gasteiger charge is -2.17. The molecule has 0 nitrogen and oxygen atoms in total. The molecule has 0 fully saturated rings. The number of hydrogen-bond donors (Lipinski definition) is 0. The number of benzene rings is 3. The largest absolute Gasteiger partial charge is 0.171 e. The second-order valence-corrected chi connectivity index (χ2v) is 5.06. The maximum Gasteiger partial charge on any atom is 0.171 e. The normalized spacial score (nSPS) is 10.4. The molecule has 0 heterocycles. The molecule has 1 heteroatoms. The number of rotatable bonds is 4. The quantitative estimate of drug-likeness (QED) is 0.626. The van der Waals surface area contributed by atoms with Crippen molar-refractivity contribution in [3.63, 3.8) is 0 Å². The summed E-state index contributed by atoms with van der Waals surface area (Å²) in [6.07, 6.45) is 0. The first-order valence-electron chi connectivity index (χ1n) is 7.07. The summed E-state index contributed by atoms with van der Waals surface area (Å²) in [5.41, 5.74) is 4.13. The molecule has 0 N–H and O–H groups in total. The lowest BCUT2D eigenvalue weighted by atomic mass is 9.54. The van der Waals surface area contributed by atoms with Crippen molar-refractivity contribution in [1.82, 2.24) is 0 Å². The second kappa shape index (κ2) is 6.25. The van der Waals surface area contributed by atoms with Gasteiger partial charge in [0.2, 0.25) is 0 Å². The molecule has 0 radical (unpaired) electrons. The lowest BCUT2D eigenvalue weighted by Crippen LogP contribution is -2.22. The molecule has 0 saturated carbocycles. The van der Waals surface area contributed by atoms with Gasteiger partial charge < -0.3 is 0 Å². The van der Waals surface area contributed by atoms with Crippen LogP contribution in [0.4, 0.5) is 0 Å². The van der Waals surface area contributed by atoms with Crippen LogP contribution in [0, 0.1) is 0 Å². The molecule has 0 saturated heterocycles. The molecule has 0 bridgehead atoms. The molecular formula is C19H17B. The minimum atomic E-state index is 0.416. The van der Waals surface area contributed by atoms with E-state index in [0.717, 1.165) is 7.28 Å². The summed E-state index contributed by atoms with van der Waals surface area (Å²) in [7, 11) is 1.04. The van der Waals surface area contributed by atoms with Crippen LogP contribution in [-0.4, -0.2) is 7.28 Å². The molecule has 0 aliphatic carbocycles. The van der Waals surface area contributed by atoms with Gasteiger partial charge in [-0.2, -0.15) is 0 Å². The van der Waals surface area contributed by atoms with Crippen LogP contribution in [0.25, 0.3) is 0 Å². The van der Waals surface area contributed by atoms with Crippen LogP contribution in [-0.2, 0) is 0 Å². The summed E-state index contributed by atoms with van der Waals surface area (Å²) in [4.78, 5) is 0. The molecule has 0 unspecified atom stereocenters. The van der Waals surface area contributed by atoms with Gasteiger partial charge >= 0.3 is 0 Å². The highest BCUT2D eigenvalue weighted by atomic mass is 14.1. The Labute approximate surface area is 121 Å². The zero-order chi connectivity index (χ0) is 13.6. The minimum Gasteiger partial charge on any atom is -0.0834 e. The van der Waals surface area contributed by atoms with E-state index in [1.807, 2.05) is 0 Å². The van der Waals surface area contributed by atoms with Crippen molar-refractivity contribution >= 4 is 12.7 Å². The van der Waals surface area contributed by atoms with Gasteiger partial charge in [0, 0.05) is 0 Å². The van der Waals surface area contributed by atoms with Crippen LogP contribution in [0.15, 0.2) is 91.0 Å². The van der Waals surface area contributed by atoms with E-state index in [1.165, 1.54) is 16.6 Å². The molecule has 0 spiro atoms. The zero-order valence-corrected chi connectivity index (χ0v) is 11.4. The zero-order valence-electron chi connectivity index (χ0n) is 11.4. The van der Waals surface area contributed by atoms with E-state index in [9.17, 15) is 0 Å². The summed E-state index contributed by atoms with van der Waals surface area (Å²) in [5, 5.41) is 0. The Kier molecular flexibility index (Phi) is 3.98. The van der Waals surface area contributed by atoms with Gasteiger partial charge in [-0.3, -0.25) is 0 Å². The van der Waals surface area contributed by atoms with Crippen LogP contribution in [0.2, 0.25) is 0 Å². The molecule has 3 rings (SSSR count). The summed E-state index contributed by atoms with van der Waals surface area (Å²) in [6, 6.07) is 32.2. The summed E-state index contributed by atoms with van der Waals surface area (Å²) < 4.78 is 0. The Bertz CT molecular complexity index is 593. The molecule has 0 atom stereocenters. The first-order chi connectivity index (χ1) is 9.93. The van der Waals surface area contributed by atoms with Gasteiger partial charge in [0.1, 0.15) is 0 Å². The molecule has 0 aliphatic heterocycles. The van der Waals surface area contributed by atoms with Crippen LogP contribution in [0.5, 0.6) is 0 Å². The van der Waals surface area contributed by atoms with Crippen molar-refractivity contribution in [2.24, 2.45) is 0 Å². The maximum atomic E-state index is 2.22. The highest BCUT2D eigenvalue weighted by Gasteiger charge is 2.15. The molecule has 0 aromatic heterocycles. The van der Waals surface area contributed by atoms with Gasteiger partial charge in [0.15, 0.2) is 7.28 Å². The average Bonchev–Trinajstić information content (AvgIpc) is 2.55. The summed E-state index contributed by atoms with van der Waals surface area (Å²) >= 11 is 0. The van der Waals surface area contributed by atoms with Gasteiger partial charge in [0.25, 0.3) is 0 Å². The molecule has 3 aromatic carbocycles. The van der Waals surface area contributed by atoms with Gasteiger partial charge in [-0.15, -0.1) is 0 Å². The van der Waals surface area contributed by atoms with Crippen molar-refractivity contribution in [3.05, 3.63) is 102 Å². The maximum absolute atomic E-state index is 2.22. The predicted octanol–water partition coefficient (Wildman–Crippen LogP) is 3.54. The van der Waals surface area contributed by atoms with Crippen molar-refractivity contribution in [2.45, 2.75) is 5.82 Å². The fourth-order valence-electron chi connectivity index (χ4n) is 2.65. The van der Waals surface area contributed by atoms with Gasteiger partial charge in [-0.25, -0.2) is 0 Å². The fraction of sp³-hybridized carbons (Fsp3) is 0.0526. The molecular weight excluding hydrogens is 239 g/mol. The van der Waals surface area contributed by atoms with Crippen LogP contribution >= 0.6 is 0 Å². The van der Waals surface area contributed by atoms with Crippen LogP contribution < -0.4 is 5.46 Å².